The molecule has 0 aliphatic rings. The van der Waals surface area contributed by atoms with Crippen molar-refractivity contribution >= 4 is 5.91 Å². The lowest BCUT2D eigenvalue weighted by Gasteiger charge is -2.19. The monoisotopic (exact) mass is 425 g/mol. The Balaban J connectivity index is 3.49. The van der Waals surface area contributed by atoms with Gasteiger partial charge in [-0.1, -0.05) is 122 Å². The van der Waals surface area contributed by atoms with Crippen LogP contribution in [-0.2, 0) is 4.79 Å². The first-order chi connectivity index (χ1) is 14.7. The summed E-state index contributed by atoms with van der Waals surface area (Å²) in [5.74, 6) is -0.0771. The molecular formula is C26H51NO3. The lowest BCUT2D eigenvalue weighted by Crippen LogP contribution is -2.45. The SMILES string of the molecule is CCC/C=C/[C@@H](O)[C@H](CO)NC(=O)CCCCCCCCCCCCCCCCC. The Bertz CT molecular complexity index is 398. The molecular weight excluding hydrogens is 374 g/mol. The van der Waals surface area contributed by atoms with E-state index >= 15 is 0 Å². The maximum Gasteiger partial charge on any atom is 0.220 e. The van der Waals surface area contributed by atoms with Gasteiger partial charge in [-0.05, 0) is 12.8 Å². The van der Waals surface area contributed by atoms with E-state index < -0.39 is 12.1 Å². The number of aliphatic hydroxyl groups excluding tert-OH is 2. The van der Waals surface area contributed by atoms with Gasteiger partial charge in [0.25, 0.3) is 0 Å². The fourth-order valence-corrected chi connectivity index (χ4v) is 3.71. The van der Waals surface area contributed by atoms with E-state index in [9.17, 15) is 15.0 Å². The van der Waals surface area contributed by atoms with Gasteiger partial charge in [0.15, 0.2) is 0 Å². The Hall–Kier alpha value is -0.870. The number of amides is 1. The first-order valence-corrected chi connectivity index (χ1v) is 12.9. The van der Waals surface area contributed by atoms with Crippen LogP contribution in [0.5, 0.6) is 0 Å². The molecule has 3 N–H and O–H groups in total. The van der Waals surface area contributed by atoms with Crippen molar-refractivity contribution in [2.45, 2.75) is 142 Å². The highest BCUT2D eigenvalue weighted by Gasteiger charge is 2.17. The molecule has 0 heterocycles. The molecule has 30 heavy (non-hydrogen) atoms. The van der Waals surface area contributed by atoms with Crippen molar-refractivity contribution in [2.75, 3.05) is 6.61 Å². The fourth-order valence-electron chi connectivity index (χ4n) is 3.71. The molecule has 178 valence electrons. The minimum Gasteiger partial charge on any atom is -0.394 e. The summed E-state index contributed by atoms with van der Waals surface area (Å²) in [5, 5.41) is 22.2. The second-order valence-electron chi connectivity index (χ2n) is 8.76. The molecule has 0 saturated heterocycles. The van der Waals surface area contributed by atoms with E-state index in [1.807, 2.05) is 6.08 Å². The highest BCUT2D eigenvalue weighted by molar-refractivity contribution is 5.76. The molecule has 0 radical (unpaired) electrons. The van der Waals surface area contributed by atoms with Crippen LogP contribution in [0.4, 0.5) is 0 Å². The van der Waals surface area contributed by atoms with Crippen LogP contribution in [0, 0.1) is 0 Å². The maximum atomic E-state index is 12.0. The molecule has 0 spiro atoms. The average Bonchev–Trinajstić information content (AvgIpc) is 2.74. The molecule has 2 atom stereocenters. The number of allylic oxidation sites excluding steroid dienone is 1. The Morgan fingerprint density at radius 3 is 1.67 bits per heavy atom. The van der Waals surface area contributed by atoms with Gasteiger partial charge in [0, 0.05) is 6.42 Å². The predicted octanol–water partition coefficient (Wildman–Crippen LogP) is 6.44. The molecule has 0 saturated carbocycles. The number of rotatable bonds is 22. The number of carbonyl (C=O) groups is 1. The van der Waals surface area contributed by atoms with E-state index in [4.69, 9.17) is 0 Å². The fraction of sp³-hybridized carbons (Fsp3) is 0.885. The Morgan fingerprint density at radius 1 is 0.767 bits per heavy atom. The minimum absolute atomic E-state index is 0.0771. The zero-order valence-electron chi connectivity index (χ0n) is 20.0. The number of hydrogen-bond acceptors (Lipinski definition) is 3. The van der Waals surface area contributed by atoms with Gasteiger partial charge >= 0.3 is 0 Å². The maximum absolute atomic E-state index is 12.0. The second kappa shape index (κ2) is 22.8. The van der Waals surface area contributed by atoms with Crippen LogP contribution in [0.1, 0.15) is 129 Å². The molecule has 0 unspecified atom stereocenters. The molecule has 4 nitrogen and oxygen atoms in total. The van der Waals surface area contributed by atoms with Crippen molar-refractivity contribution in [3.63, 3.8) is 0 Å². The molecule has 0 aromatic carbocycles. The van der Waals surface area contributed by atoms with E-state index in [0.717, 1.165) is 25.7 Å². The van der Waals surface area contributed by atoms with Gasteiger partial charge < -0.3 is 15.5 Å². The Kier molecular flexibility index (Phi) is 22.1. The summed E-state index contributed by atoms with van der Waals surface area (Å²) in [7, 11) is 0. The summed E-state index contributed by atoms with van der Waals surface area (Å²) >= 11 is 0. The molecule has 0 rings (SSSR count). The van der Waals surface area contributed by atoms with E-state index in [1.54, 1.807) is 6.08 Å². The van der Waals surface area contributed by atoms with Crippen molar-refractivity contribution < 1.29 is 15.0 Å². The smallest absolute Gasteiger partial charge is 0.220 e. The third-order valence-electron chi connectivity index (χ3n) is 5.75. The quantitative estimate of drug-likeness (QED) is 0.138. The summed E-state index contributed by atoms with van der Waals surface area (Å²) in [5.41, 5.74) is 0. The predicted molar refractivity (Wildman–Crippen MR) is 129 cm³/mol. The third kappa shape index (κ3) is 19.1. The Labute approximate surface area is 186 Å². The summed E-state index contributed by atoms with van der Waals surface area (Å²) in [6, 6.07) is -0.609. The van der Waals surface area contributed by atoms with E-state index in [0.29, 0.717) is 6.42 Å². The van der Waals surface area contributed by atoms with Gasteiger partial charge in [-0.15, -0.1) is 0 Å². The first kappa shape index (κ1) is 29.1. The lowest BCUT2D eigenvalue weighted by atomic mass is 10.0. The molecule has 0 aliphatic carbocycles. The van der Waals surface area contributed by atoms with Crippen molar-refractivity contribution in [3.8, 4) is 0 Å². The van der Waals surface area contributed by atoms with Gasteiger partial charge in [0.1, 0.15) is 0 Å². The van der Waals surface area contributed by atoms with E-state index in [-0.39, 0.29) is 12.5 Å². The van der Waals surface area contributed by atoms with Crippen LogP contribution < -0.4 is 5.32 Å². The van der Waals surface area contributed by atoms with Crippen LogP contribution in [0.3, 0.4) is 0 Å². The highest BCUT2D eigenvalue weighted by Crippen LogP contribution is 2.13. The molecule has 0 aromatic heterocycles. The minimum atomic E-state index is -0.827. The molecule has 0 fully saturated rings. The van der Waals surface area contributed by atoms with E-state index in [2.05, 4.69) is 19.2 Å². The van der Waals surface area contributed by atoms with Crippen LogP contribution in [0.15, 0.2) is 12.2 Å². The summed E-state index contributed by atoms with van der Waals surface area (Å²) < 4.78 is 0. The van der Waals surface area contributed by atoms with E-state index in [1.165, 1.54) is 83.5 Å². The standard InChI is InChI=1S/C26H51NO3/c1-3-5-7-8-9-10-11-12-13-14-15-16-17-18-20-22-26(30)27-24(23-28)25(29)21-19-6-4-2/h19,21,24-25,28-29H,3-18,20,22-23H2,1-2H3,(H,27,30)/b21-19+/t24-,25+/m0/s1. The molecule has 0 aromatic rings. The number of unbranched alkanes of at least 4 members (excludes halogenated alkanes) is 15. The summed E-state index contributed by atoms with van der Waals surface area (Å²) in [6.07, 6.45) is 24.7. The number of hydrogen-bond donors (Lipinski definition) is 3. The summed E-state index contributed by atoms with van der Waals surface area (Å²) in [4.78, 5) is 12.0. The van der Waals surface area contributed by atoms with Gasteiger partial charge in [0.2, 0.25) is 5.91 Å². The lowest BCUT2D eigenvalue weighted by molar-refractivity contribution is -0.123. The molecule has 0 aliphatic heterocycles. The van der Waals surface area contributed by atoms with Crippen LogP contribution in [-0.4, -0.2) is 34.9 Å². The van der Waals surface area contributed by atoms with Gasteiger partial charge in [-0.25, -0.2) is 0 Å². The molecule has 0 bridgehead atoms. The van der Waals surface area contributed by atoms with Crippen LogP contribution in [0.2, 0.25) is 0 Å². The van der Waals surface area contributed by atoms with Crippen LogP contribution >= 0.6 is 0 Å². The average molecular weight is 426 g/mol. The normalized spacial score (nSPS) is 13.6. The number of carbonyl (C=O) groups excluding carboxylic acids is 1. The van der Waals surface area contributed by atoms with Crippen LogP contribution in [0.25, 0.3) is 0 Å². The van der Waals surface area contributed by atoms with Crippen molar-refractivity contribution in [2.24, 2.45) is 0 Å². The zero-order chi connectivity index (χ0) is 22.3. The molecule has 4 heteroatoms. The summed E-state index contributed by atoms with van der Waals surface area (Å²) in [6.45, 7) is 4.09. The van der Waals surface area contributed by atoms with Gasteiger partial charge in [-0.3, -0.25) is 4.79 Å². The van der Waals surface area contributed by atoms with Crippen molar-refractivity contribution in [3.05, 3.63) is 12.2 Å². The van der Waals surface area contributed by atoms with Crippen molar-refractivity contribution in [1.29, 1.82) is 0 Å². The second-order valence-corrected chi connectivity index (χ2v) is 8.76. The van der Waals surface area contributed by atoms with Gasteiger partial charge in [-0.2, -0.15) is 0 Å². The highest BCUT2D eigenvalue weighted by atomic mass is 16.3. The molecule has 1 amide bonds. The number of nitrogens with one attached hydrogen (secondary N) is 1. The first-order valence-electron chi connectivity index (χ1n) is 12.9. The zero-order valence-corrected chi connectivity index (χ0v) is 20.0. The third-order valence-corrected chi connectivity index (χ3v) is 5.75. The number of aliphatic hydroxyl groups is 2. The Morgan fingerprint density at radius 2 is 1.23 bits per heavy atom. The largest absolute Gasteiger partial charge is 0.394 e. The topological polar surface area (TPSA) is 69.6 Å². The van der Waals surface area contributed by atoms with Gasteiger partial charge in [0.05, 0.1) is 18.8 Å². The van der Waals surface area contributed by atoms with Crippen molar-refractivity contribution in [1.82, 2.24) is 5.32 Å².